The van der Waals surface area contributed by atoms with Crippen molar-refractivity contribution in [2.75, 3.05) is 5.32 Å². The number of carbonyl (C=O) groups excluding carboxylic acids is 2. The molecule has 0 heterocycles. The molecule has 0 saturated heterocycles. The third-order valence-corrected chi connectivity index (χ3v) is 4.45. The predicted molar refractivity (Wildman–Crippen MR) is 112 cm³/mol. The van der Waals surface area contributed by atoms with Crippen molar-refractivity contribution in [1.29, 1.82) is 0 Å². The van der Waals surface area contributed by atoms with Crippen molar-refractivity contribution in [3.8, 4) is 11.5 Å². The maximum absolute atomic E-state index is 12.4. The molecule has 0 bridgehead atoms. The summed E-state index contributed by atoms with van der Waals surface area (Å²) in [5, 5.41) is 14.1. The van der Waals surface area contributed by atoms with Gasteiger partial charge in [-0.15, -0.1) is 0 Å². The molecule has 30 heavy (non-hydrogen) atoms. The van der Waals surface area contributed by atoms with Crippen LogP contribution in [0.3, 0.4) is 0 Å². The zero-order chi connectivity index (χ0) is 21.8. The van der Waals surface area contributed by atoms with Gasteiger partial charge in [0.15, 0.2) is 0 Å². The highest BCUT2D eigenvalue weighted by Gasteiger charge is 2.17. The van der Waals surface area contributed by atoms with Crippen LogP contribution >= 0.6 is 11.6 Å². The van der Waals surface area contributed by atoms with Crippen molar-refractivity contribution < 1.29 is 19.2 Å². The average Bonchev–Trinajstić information content (AvgIpc) is 2.69. The van der Waals surface area contributed by atoms with Crippen molar-refractivity contribution in [3.05, 3.63) is 92.5 Å². The van der Waals surface area contributed by atoms with Gasteiger partial charge in [-0.2, -0.15) is 0 Å². The van der Waals surface area contributed by atoms with Crippen LogP contribution in [0.5, 0.6) is 11.5 Å². The molecule has 0 unspecified atom stereocenters. The Hall–Kier alpha value is -3.91. The third kappa shape index (κ3) is 4.73. The number of anilines is 1. The fourth-order valence-corrected chi connectivity index (χ4v) is 2.91. The van der Waals surface area contributed by atoms with E-state index in [9.17, 15) is 19.7 Å². The van der Waals surface area contributed by atoms with E-state index in [1.165, 1.54) is 42.5 Å². The van der Waals surface area contributed by atoms with Crippen LogP contribution in [-0.4, -0.2) is 16.7 Å². The smallest absolute Gasteiger partial charge is 0.313 e. The number of hydrogen-bond acceptors (Lipinski definition) is 5. The van der Waals surface area contributed by atoms with Crippen LogP contribution in [0.15, 0.2) is 60.7 Å². The molecule has 0 aromatic heterocycles. The van der Waals surface area contributed by atoms with Gasteiger partial charge < -0.3 is 15.8 Å². The van der Waals surface area contributed by atoms with E-state index >= 15 is 0 Å². The molecule has 0 spiro atoms. The standard InChI is InChI=1S/C21H16ClN3O5/c1-12-10-15(5-8-17(12)20(23)26)24-21(27)13-2-6-16(7-3-13)30-19-9-4-14(22)11-18(19)25(28)29/h2-11H,1H3,(H2,23,26)(H,24,27). The number of nitrogens with zero attached hydrogens (tertiary/aromatic N) is 1. The summed E-state index contributed by atoms with van der Waals surface area (Å²) in [7, 11) is 0. The molecule has 0 aliphatic heterocycles. The van der Waals surface area contributed by atoms with E-state index in [0.29, 0.717) is 28.1 Å². The molecule has 0 fully saturated rings. The Balaban J connectivity index is 1.73. The first-order chi connectivity index (χ1) is 14.2. The summed E-state index contributed by atoms with van der Waals surface area (Å²) in [5.74, 6) is -0.558. The van der Waals surface area contributed by atoms with E-state index in [2.05, 4.69) is 5.32 Å². The number of nitrogens with one attached hydrogen (secondary N) is 1. The Morgan fingerprint density at radius 2 is 1.77 bits per heavy atom. The van der Waals surface area contributed by atoms with Gasteiger partial charge in [-0.25, -0.2) is 0 Å². The molecular formula is C21H16ClN3O5. The van der Waals surface area contributed by atoms with Gasteiger partial charge in [0.25, 0.3) is 5.91 Å². The molecule has 3 aromatic carbocycles. The molecule has 3 N–H and O–H groups in total. The highest BCUT2D eigenvalue weighted by atomic mass is 35.5. The maximum atomic E-state index is 12.4. The molecule has 0 atom stereocenters. The number of amides is 2. The lowest BCUT2D eigenvalue weighted by Crippen LogP contribution is -2.14. The van der Waals surface area contributed by atoms with Gasteiger partial charge in [0.2, 0.25) is 11.7 Å². The van der Waals surface area contributed by atoms with Gasteiger partial charge in [-0.3, -0.25) is 19.7 Å². The Labute approximate surface area is 176 Å². The molecule has 9 heteroatoms. The summed E-state index contributed by atoms with van der Waals surface area (Å²) < 4.78 is 5.55. The van der Waals surface area contributed by atoms with E-state index < -0.39 is 10.8 Å². The van der Waals surface area contributed by atoms with Crippen molar-refractivity contribution in [2.45, 2.75) is 6.92 Å². The topological polar surface area (TPSA) is 125 Å². The number of nitro benzene ring substituents is 1. The van der Waals surface area contributed by atoms with Crippen LogP contribution in [0.4, 0.5) is 11.4 Å². The van der Waals surface area contributed by atoms with Crippen LogP contribution in [0.1, 0.15) is 26.3 Å². The molecule has 0 radical (unpaired) electrons. The van der Waals surface area contributed by atoms with Gasteiger partial charge >= 0.3 is 5.69 Å². The second-order valence-corrected chi connectivity index (χ2v) is 6.78. The monoisotopic (exact) mass is 425 g/mol. The van der Waals surface area contributed by atoms with Crippen molar-refractivity contribution >= 4 is 34.8 Å². The highest BCUT2D eigenvalue weighted by molar-refractivity contribution is 6.30. The van der Waals surface area contributed by atoms with Crippen LogP contribution in [-0.2, 0) is 0 Å². The van der Waals surface area contributed by atoms with Gasteiger partial charge in [-0.05, 0) is 67.1 Å². The number of aryl methyl sites for hydroxylation is 1. The highest BCUT2D eigenvalue weighted by Crippen LogP contribution is 2.33. The number of primary amides is 1. The summed E-state index contributed by atoms with van der Waals surface area (Å²) in [4.78, 5) is 34.3. The minimum atomic E-state index is -0.589. The Kier molecular flexibility index (Phi) is 5.98. The van der Waals surface area contributed by atoms with Crippen LogP contribution < -0.4 is 15.8 Å². The number of halogens is 1. The Morgan fingerprint density at radius 3 is 2.37 bits per heavy atom. The summed E-state index contributed by atoms with van der Waals surface area (Å²) in [6, 6.07) is 15.0. The molecule has 2 amide bonds. The first-order valence-corrected chi connectivity index (χ1v) is 9.06. The average molecular weight is 426 g/mol. The van der Waals surface area contributed by atoms with Crippen LogP contribution in [0.2, 0.25) is 5.02 Å². The number of nitrogens with two attached hydrogens (primary N) is 1. The second kappa shape index (κ2) is 8.62. The summed E-state index contributed by atoms with van der Waals surface area (Å²) in [6.45, 7) is 1.72. The second-order valence-electron chi connectivity index (χ2n) is 6.34. The minimum Gasteiger partial charge on any atom is -0.450 e. The van der Waals surface area contributed by atoms with Crippen molar-refractivity contribution in [3.63, 3.8) is 0 Å². The van der Waals surface area contributed by atoms with Crippen LogP contribution in [0.25, 0.3) is 0 Å². The predicted octanol–water partition coefficient (Wildman–Crippen LogP) is 4.70. The first-order valence-electron chi connectivity index (χ1n) is 8.68. The van der Waals surface area contributed by atoms with E-state index in [-0.39, 0.29) is 22.4 Å². The molecule has 3 aromatic rings. The van der Waals surface area contributed by atoms with Gasteiger partial charge in [-0.1, -0.05) is 11.6 Å². The molecular weight excluding hydrogens is 410 g/mol. The third-order valence-electron chi connectivity index (χ3n) is 4.21. The number of ether oxygens (including phenoxy) is 1. The lowest BCUT2D eigenvalue weighted by molar-refractivity contribution is -0.385. The molecule has 0 aliphatic rings. The van der Waals surface area contributed by atoms with Crippen molar-refractivity contribution in [2.24, 2.45) is 5.73 Å². The number of nitro groups is 1. The molecule has 3 rings (SSSR count). The number of hydrogen-bond donors (Lipinski definition) is 2. The first kappa shape index (κ1) is 20.8. The largest absolute Gasteiger partial charge is 0.450 e. The van der Waals surface area contributed by atoms with Crippen LogP contribution in [0, 0.1) is 17.0 Å². The molecule has 8 nitrogen and oxygen atoms in total. The fraction of sp³-hybridized carbons (Fsp3) is 0.0476. The normalized spacial score (nSPS) is 10.3. The van der Waals surface area contributed by atoms with E-state index in [1.54, 1.807) is 25.1 Å². The molecule has 0 saturated carbocycles. The van der Waals surface area contributed by atoms with Gasteiger partial charge in [0, 0.05) is 27.9 Å². The zero-order valence-corrected chi connectivity index (χ0v) is 16.5. The van der Waals surface area contributed by atoms with E-state index in [4.69, 9.17) is 22.1 Å². The number of benzene rings is 3. The number of rotatable bonds is 6. The SMILES string of the molecule is Cc1cc(NC(=O)c2ccc(Oc3ccc(Cl)cc3[N+](=O)[O-])cc2)ccc1C(N)=O. The summed E-state index contributed by atoms with van der Waals surface area (Å²) in [5.41, 5.74) is 6.91. The number of carbonyl (C=O) groups is 2. The summed E-state index contributed by atoms with van der Waals surface area (Å²) >= 11 is 5.79. The van der Waals surface area contributed by atoms with E-state index in [1.807, 2.05) is 0 Å². The maximum Gasteiger partial charge on any atom is 0.313 e. The minimum absolute atomic E-state index is 0.0339. The van der Waals surface area contributed by atoms with Crippen molar-refractivity contribution in [1.82, 2.24) is 0 Å². The lowest BCUT2D eigenvalue weighted by Gasteiger charge is -2.09. The van der Waals surface area contributed by atoms with Gasteiger partial charge in [0.05, 0.1) is 4.92 Å². The lowest BCUT2D eigenvalue weighted by atomic mass is 10.1. The molecule has 152 valence electrons. The Morgan fingerprint density at radius 1 is 1.07 bits per heavy atom. The molecule has 0 aliphatic carbocycles. The fourth-order valence-electron chi connectivity index (χ4n) is 2.74. The summed E-state index contributed by atoms with van der Waals surface area (Å²) in [6.07, 6.45) is 0. The zero-order valence-electron chi connectivity index (χ0n) is 15.7. The quantitative estimate of drug-likeness (QED) is 0.437. The van der Waals surface area contributed by atoms with Gasteiger partial charge in [0.1, 0.15) is 5.75 Å². The Bertz CT molecular complexity index is 1150. The van der Waals surface area contributed by atoms with E-state index in [0.717, 1.165) is 0 Å².